The van der Waals surface area contributed by atoms with Gasteiger partial charge >= 0.3 is 0 Å². The Hall–Kier alpha value is -8.92. The van der Waals surface area contributed by atoms with Gasteiger partial charge in [-0.1, -0.05) is 231 Å². The first-order chi connectivity index (χ1) is 42.9. The van der Waals surface area contributed by atoms with Gasteiger partial charge in [0, 0.05) is 38.7 Å². The maximum absolute atomic E-state index is 4.74. The molecule has 15 rings (SSSR count). The molecule has 0 atom stereocenters. The summed E-state index contributed by atoms with van der Waals surface area (Å²) in [5, 5.41) is 22.8. The van der Waals surface area contributed by atoms with E-state index in [1.54, 1.807) is 0 Å². The Morgan fingerprint density at radius 3 is 0.714 bits per heavy atom. The minimum absolute atomic E-state index is 0. The molecular formula is C87H78IrN3-3. The number of pyridine rings is 3. The van der Waals surface area contributed by atoms with E-state index in [2.05, 4.69) is 304 Å². The van der Waals surface area contributed by atoms with E-state index in [-0.39, 0.29) is 36.4 Å². The Labute approximate surface area is 551 Å². The van der Waals surface area contributed by atoms with Crippen molar-refractivity contribution in [2.24, 2.45) is 0 Å². The zero-order valence-electron chi connectivity index (χ0n) is 55.2. The van der Waals surface area contributed by atoms with Gasteiger partial charge in [-0.15, -0.1) is 105 Å². The van der Waals surface area contributed by atoms with Crippen LogP contribution in [0.5, 0.6) is 0 Å². The standard InChI is InChI=1S/3C29H26N.Ir/c3*1-18-14-19(2)16-21(15-18)28-27-11-10-24-23-9-7-22(29(3,4)5)17-20(23)6-8-25(24)26(27)12-13-30-28;/h3*6-15,17H,1-5H3;/q3*-1;. The van der Waals surface area contributed by atoms with Gasteiger partial charge in [-0.2, -0.15) is 0 Å². The molecule has 0 N–H and O–H groups in total. The van der Waals surface area contributed by atoms with E-state index in [0.717, 1.165) is 50.5 Å². The Balaban J connectivity index is 0.000000131. The number of hydrogen-bond acceptors (Lipinski definition) is 3. The zero-order chi connectivity index (χ0) is 63.1. The third-order valence-electron chi connectivity index (χ3n) is 18.1. The Kier molecular flexibility index (Phi) is 16.4. The van der Waals surface area contributed by atoms with Crippen LogP contribution in [0.3, 0.4) is 0 Å². The number of aromatic nitrogens is 3. The fourth-order valence-electron chi connectivity index (χ4n) is 13.5. The molecule has 0 aliphatic heterocycles. The average molecular weight is 1360 g/mol. The second-order valence-corrected chi connectivity index (χ2v) is 28.3. The van der Waals surface area contributed by atoms with Crippen LogP contribution in [0.25, 0.3) is 131 Å². The van der Waals surface area contributed by atoms with Crippen molar-refractivity contribution in [2.45, 2.75) is 120 Å². The number of nitrogens with zero attached hydrogens (tertiary/aromatic N) is 3. The largest absolute Gasteiger partial charge is 0.304 e. The van der Waals surface area contributed by atoms with Crippen molar-refractivity contribution >= 4 is 97.0 Å². The summed E-state index contributed by atoms with van der Waals surface area (Å²) in [6.45, 7) is 33.0. The van der Waals surface area contributed by atoms with E-state index in [1.807, 2.05) is 18.6 Å². The third-order valence-corrected chi connectivity index (χ3v) is 18.1. The van der Waals surface area contributed by atoms with Gasteiger partial charge in [0.2, 0.25) is 0 Å². The fourth-order valence-corrected chi connectivity index (χ4v) is 13.5. The molecule has 0 spiro atoms. The molecule has 3 heterocycles. The smallest absolute Gasteiger partial charge is 0.0167 e. The van der Waals surface area contributed by atoms with Gasteiger partial charge in [0.15, 0.2) is 0 Å². The molecule has 0 saturated heterocycles. The monoisotopic (exact) mass is 1360 g/mol. The second kappa shape index (κ2) is 24.0. The summed E-state index contributed by atoms with van der Waals surface area (Å²) in [5.74, 6) is 0. The molecule has 3 aromatic heterocycles. The van der Waals surface area contributed by atoms with Crippen LogP contribution in [-0.2, 0) is 36.4 Å². The molecule has 91 heavy (non-hydrogen) atoms. The molecular weight excluding hydrogens is 1280 g/mol. The number of hydrogen-bond donors (Lipinski definition) is 0. The summed E-state index contributed by atoms with van der Waals surface area (Å²) < 4.78 is 0. The van der Waals surface area contributed by atoms with Crippen LogP contribution < -0.4 is 0 Å². The molecule has 453 valence electrons. The first-order valence-corrected chi connectivity index (χ1v) is 31.7. The van der Waals surface area contributed by atoms with Crippen LogP contribution in [0.15, 0.2) is 201 Å². The van der Waals surface area contributed by atoms with Gasteiger partial charge in [-0.05, 0) is 165 Å². The quantitative estimate of drug-likeness (QED) is 0.131. The summed E-state index contributed by atoms with van der Waals surface area (Å²) in [4.78, 5) is 14.2. The van der Waals surface area contributed by atoms with Crippen molar-refractivity contribution in [1.82, 2.24) is 15.0 Å². The van der Waals surface area contributed by atoms with E-state index in [9.17, 15) is 0 Å². The Morgan fingerprint density at radius 1 is 0.242 bits per heavy atom. The van der Waals surface area contributed by atoms with Crippen LogP contribution in [0.1, 0.15) is 112 Å². The number of benzene rings is 12. The molecule has 0 amide bonds. The van der Waals surface area contributed by atoms with Gasteiger partial charge < -0.3 is 15.0 Å². The van der Waals surface area contributed by atoms with Crippen molar-refractivity contribution in [2.75, 3.05) is 0 Å². The molecule has 0 fully saturated rings. The van der Waals surface area contributed by atoms with Crippen molar-refractivity contribution in [3.05, 3.63) is 269 Å². The molecule has 0 aliphatic rings. The maximum Gasteiger partial charge on any atom is 0.0167 e. The molecule has 4 heteroatoms. The van der Waals surface area contributed by atoms with Crippen molar-refractivity contribution in [1.29, 1.82) is 0 Å². The summed E-state index contributed by atoms with van der Waals surface area (Å²) in [6.07, 6.45) is 5.78. The summed E-state index contributed by atoms with van der Waals surface area (Å²) >= 11 is 0. The fraction of sp³-hybridized carbons (Fsp3) is 0.207. The third kappa shape index (κ3) is 12.2. The predicted molar refractivity (Wildman–Crippen MR) is 388 cm³/mol. The van der Waals surface area contributed by atoms with Crippen molar-refractivity contribution in [3.63, 3.8) is 0 Å². The molecule has 1 radical (unpaired) electrons. The van der Waals surface area contributed by atoms with Gasteiger partial charge in [0.1, 0.15) is 0 Å². The summed E-state index contributed by atoms with van der Waals surface area (Å²) in [7, 11) is 0. The van der Waals surface area contributed by atoms with Crippen molar-refractivity contribution < 1.29 is 20.1 Å². The van der Waals surface area contributed by atoms with Gasteiger partial charge in [-0.25, -0.2) is 0 Å². The van der Waals surface area contributed by atoms with E-state index in [1.165, 1.54) is 130 Å². The van der Waals surface area contributed by atoms with E-state index in [4.69, 9.17) is 15.0 Å². The van der Waals surface area contributed by atoms with Crippen LogP contribution in [0.2, 0.25) is 0 Å². The molecule has 12 aromatic carbocycles. The molecule has 0 bridgehead atoms. The number of fused-ring (bicyclic) bond motifs is 15. The minimum Gasteiger partial charge on any atom is -0.304 e. The number of aryl methyl sites for hydroxylation is 6. The normalized spacial score (nSPS) is 12.0. The SMILES string of the molecule is Cc1[c-]c(-c2nccc3c2ccc2c4ccc(C(C)(C)C)cc4ccc32)cc(C)c1.Cc1[c-]c(-c2nccc3c2ccc2c4ccc(C(C)(C)C)cc4ccc32)cc(C)c1.Cc1[c-]c(-c2nccc3c2ccc2c4ccc(C(C)(C)C)cc4ccc32)cc(C)c1.[Ir]. The van der Waals surface area contributed by atoms with Crippen LogP contribution in [0.4, 0.5) is 0 Å². The molecule has 15 aromatic rings. The molecule has 0 unspecified atom stereocenters. The van der Waals surface area contributed by atoms with E-state index < -0.39 is 0 Å². The second-order valence-electron chi connectivity index (χ2n) is 28.3. The molecule has 3 nitrogen and oxygen atoms in total. The van der Waals surface area contributed by atoms with E-state index in [0.29, 0.717) is 0 Å². The molecule has 0 aliphatic carbocycles. The van der Waals surface area contributed by atoms with Gasteiger partial charge in [-0.3, -0.25) is 0 Å². The predicted octanol–water partition coefficient (Wildman–Crippen LogP) is 23.8. The molecule has 0 saturated carbocycles. The topological polar surface area (TPSA) is 38.7 Å². The van der Waals surface area contributed by atoms with Crippen molar-refractivity contribution in [3.8, 4) is 33.8 Å². The summed E-state index contributed by atoms with van der Waals surface area (Å²) in [5.41, 5.74) is 17.9. The van der Waals surface area contributed by atoms with Gasteiger partial charge in [0.05, 0.1) is 0 Å². The van der Waals surface area contributed by atoms with Crippen LogP contribution >= 0.6 is 0 Å². The first kappa shape index (κ1) is 62.3. The Bertz CT molecular complexity index is 4780. The van der Waals surface area contributed by atoms with E-state index >= 15 is 0 Å². The summed E-state index contributed by atoms with van der Waals surface area (Å²) in [6, 6.07) is 77.6. The maximum atomic E-state index is 4.74. The Morgan fingerprint density at radius 2 is 0.462 bits per heavy atom. The van der Waals surface area contributed by atoms with Crippen LogP contribution in [-0.4, -0.2) is 15.0 Å². The average Bonchev–Trinajstić information content (AvgIpc) is 1.05. The first-order valence-electron chi connectivity index (χ1n) is 31.7. The zero-order valence-corrected chi connectivity index (χ0v) is 57.6. The minimum atomic E-state index is 0. The van der Waals surface area contributed by atoms with Crippen LogP contribution in [0, 0.1) is 59.7 Å². The van der Waals surface area contributed by atoms with Gasteiger partial charge in [0.25, 0.3) is 0 Å². The number of rotatable bonds is 3.